The second-order valence-electron chi connectivity index (χ2n) is 9.77. The van der Waals surface area contributed by atoms with Crippen LogP contribution in [0, 0.1) is 11.3 Å². The van der Waals surface area contributed by atoms with Gasteiger partial charge in [0.2, 0.25) is 11.8 Å². The number of carbonyl (C=O) groups excluding carboxylic acids is 2. The monoisotopic (exact) mass is 397 g/mol. The van der Waals surface area contributed by atoms with Crippen LogP contribution in [0.2, 0.25) is 0 Å². The molecule has 0 saturated carbocycles. The summed E-state index contributed by atoms with van der Waals surface area (Å²) in [4.78, 5) is 27.0. The quantitative estimate of drug-likeness (QED) is 0.721. The fraction of sp³-hybridized carbons (Fsp3) is 0.905. The van der Waals surface area contributed by atoms with Gasteiger partial charge in [-0.05, 0) is 43.9 Å². The van der Waals surface area contributed by atoms with Crippen molar-refractivity contribution in [2.45, 2.75) is 90.6 Å². The van der Waals surface area contributed by atoms with E-state index < -0.39 is 0 Å². The number of likely N-dealkylation sites (tertiary alicyclic amines) is 1. The van der Waals surface area contributed by atoms with Crippen LogP contribution in [0.1, 0.15) is 73.6 Å². The molecule has 0 aromatic carbocycles. The molecule has 2 heterocycles. The Balaban J connectivity index is 1.79. The van der Waals surface area contributed by atoms with Crippen LogP contribution in [0.25, 0.3) is 0 Å². The van der Waals surface area contributed by atoms with E-state index in [2.05, 4.69) is 45.3 Å². The molecule has 0 aromatic rings. The second kappa shape index (κ2) is 9.17. The van der Waals surface area contributed by atoms with Gasteiger partial charge in [0.1, 0.15) is 0 Å². The molecule has 0 bridgehead atoms. The van der Waals surface area contributed by atoms with Crippen LogP contribution >= 0.6 is 11.8 Å². The van der Waals surface area contributed by atoms with Crippen molar-refractivity contribution in [1.82, 2.24) is 15.5 Å². The van der Waals surface area contributed by atoms with Crippen molar-refractivity contribution in [1.29, 1.82) is 0 Å². The molecule has 2 N–H and O–H groups in total. The van der Waals surface area contributed by atoms with Gasteiger partial charge in [-0.25, -0.2) is 0 Å². The zero-order valence-electron chi connectivity index (χ0n) is 18.1. The second-order valence-corrected chi connectivity index (χ2v) is 11.2. The Morgan fingerprint density at radius 3 is 2.44 bits per heavy atom. The number of piperidine rings is 1. The van der Waals surface area contributed by atoms with Crippen LogP contribution in [-0.2, 0) is 9.59 Å². The summed E-state index contributed by atoms with van der Waals surface area (Å²) in [5.41, 5.74) is 0.265. The third-order valence-corrected chi connectivity index (χ3v) is 7.27. The third-order valence-electron chi connectivity index (χ3n) is 5.69. The van der Waals surface area contributed by atoms with E-state index >= 15 is 0 Å². The Morgan fingerprint density at radius 2 is 1.89 bits per heavy atom. The Labute approximate surface area is 169 Å². The number of amides is 2. The molecule has 0 aromatic heterocycles. The van der Waals surface area contributed by atoms with Crippen LogP contribution in [0.15, 0.2) is 0 Å². The van der Waals surface area contributed by atoms with Crippen molar-refractivity contribution in [2.24, 2.45) is 11.3 Å². The maximum atomic E-state index is 12.7. The molecule has 2 aliphatic heterocycles. The highest BCUT2D eigenvalue weighted by molar-refractivity contribution is 8.01. The normalized spacial score (nSPS) is 24.7. The van der Waals surface area contributed by atoms with Crippen LogP contribution < -0.4 is 10.6 Å². The van der Waals surface area contributed by atoms with E-state index in [0.717, 1.165) is 44.5 Å². The fourth-order valence-electron chi connectivity index (χ4n) is 4.18. The van der Waals surface area contributed by atoms with Crippen molar-refractivity contribution >= 4 is 23.6 Å². The highest BCUT2D eigenvalue weighted by Gasteiger charge is 2.44. The molecule has 0 unspecified atom stereocenters. The summed E-state index contributed by atoms with van der Waals surface area (Å²) in [6.07, 6.45) is 4.50. The minimum atomic E-state index is -0.113. The number of rotatable bonds is 6. The molecule has 6 heteroatoms. The Kier molecular flexibility index (Phi) is 7.65. The molecule has 2 rings (SSSR count). The molecule has 2 amide bonds. The minimum absolute atomic E-state index is 0.0364. The number of thioether (sulfide) groups is 1. The van der Waals surface area contributed by atoms with Crippen molar-refractivity contribution in [3.63, 3.8) is 0 Å². The highest BCUT2D eigenvalue weighted by Crippen LogP contribution is 2.39. The minimum Gasteiger partial charge on any atom is -0.352 e. The van der Waals surface area contributed by atoms with Gasteiger partial charge in [0, 0.05) is 31.3 Å². The van der Waals surface area contributed by atoms with E-state index in [0.29, 0.717) is 12.3 Å². The largest absolute Gasteiger partial charge is 0.352 e. The lowest BCUT2D eigenvalue weighted by Crippen LogP contribution is -2.55. The maximum absolute atomic E-state index is 12.7. The van der Waals surface area contributed by atoms with Crippen LogP contribution in [-0.4, -0.2) is 52.5 Å². The summed E-state index contributed by atoms with van der Waals surface area (Å²) in [7, 11) is 0. The van der Waals surface area contributed by atoms with Crippen molar-refractivity contribution < 1.29 is 9.59 Å². The zero-order chi connectivity index (χ0) is 20.2. The summed E-state index contributed by atoms with van der Waals surface area (Å²) >= 11 is 1.86. The lowest BCUT2D eigenvalue weighted by molar-refractivity contribution is -0.133. The van der Waals surface area contributed by atoms with E-state index in [9.17, 15) is 9.59 Å². The van der Waals surface area contributed by atoms with Gasteiger partial charge < -0.3 is 10.2 Å². The average molecular weight is 398 g/mol. The lowest BCUT2D eigenvalue weighted by atomic mass is 9.84. The molecule has 2 saturated heterocycles. The van der Waals surface area contributed by atoms with Gasteiger partial charge in [-0.15, -0.1) is 11.8 Å². The first-order valence-electron chi connectivity index (χ1n) is 10.5. The summed E-state index contributed by atoms with van der Waals surface area (Å²) in [5, 5.41) is 6.66. The van der Waals surface area contributed by atoms with Gasteiger partial charge in [0.25, 0.3) is 0 Å². The standard InChI is InChI=1S/C21H39N3O2S/c1-7-16(3)22-19(26)17-14-27-21(23-17)8-10-24(11-9-21)18(25)12-15(2)13-20(4,5)6/h15-17,23H,7-14H2,1-6H3,(H,22,26)/t15-,16-,17+/m1/s1. The van der Waals surface area contributed by atoms with E-state index in [1.54, 1.807) is 0 Å². The molecule has 2 fully saturated rings. The number of hydrogen-bond donors (Lipinski definition) is 2. The molecule has 0 radical (unpaired) electrons. The molecule has 156 valence electrons. The predicted molar refractivity (Wildman–Crippen MR) is 114 cm³/mol. The fourth-order valence-corrected chi connectivity index (χ4v) is 5.60. The van der Waals surface area contributed by atoms with E-state index in [-0.39, 0.29) is 34.2 Å². The van der Waals surface area contributed by atoms with Crippen LogP contribution in [0.3, 0.4) is 0 Å². The topological polar surface area (TPSA) is 61.4 Å². The van der Waals surface area contributed by atoms with E-state index in [1.807, 2.05) is 23.6 Å². The SMILES string of the molecule is CC[C@@H](C)NC(=O)[C@@H]1CSC2(CCN(C(=O)C[C@@H](C)CC(C)(C)C)CC2)N1. The van der Waals surface area contributed by atoms with E-state index in [4.69, 9.17) is 0 Å². The van der Waals surface area contributed by atoms with Crippen molar-refractivity contribution in [2.75, 3.05) is 18.8 Å². The van der Waals surface area contributed by atoms with Gasteiger partial charge in [-0.1, -0.05) is 34.6 Å². The van der Waals surface area contributed by atoms with Gasteiger partial charge >= 0.3 is 0 Å². The molecular formula is C21H39N3O2S. The van der Waals surface area contributed by atoms with Gasteiger partial charge in [0.15, 0.2) is 0 Å². The van der Waals surface area contributed by atoms with Crippen LogP contribution in [0.4, 0.5) is 0 Å². The number of nitrogens with one attached hydrogen (secondary N) is 2. The smallest absolute Gasteiger partial charge is 0.238 e. The summed E-state index contributed by atoms with van der Waals surface area (Å²) in [5.74, 6) is 1.64. The first kappa shape index (κ1) is 22.5. The zero-order valence-corrected chi connectivity index (χ0v) is 18.9. The van der Waals surface area contributed by atoms with Gasteiger partial charge in [0.05, 0.1) is 10.9 Å². The molecule has 3 atom stereocenters. The number of carbonyl (C=O) groups is 2. The molecule has 0 aliphatic carbocycles. The van der Waals surface area contributed by atoms with Crippen molar-refractivity contribution in [3.05, 3.63) is 0 Å². The summed E-state index contributed by atoms with van der Waals surface area (Å²) in [6.45, 7) is 14.6. The molecule has 5 nitrogen and oxygen atoms in total. The predicted octanol–water partition coefficient (Wildman–Crippen LogP) is 3.39. The first-order chi connectivity index (χ1) is 12.5. The molecule has 2 aliphatic rings. The molecular weight excluding hydrogens is 358 g/mol. The number of nitrogens with zero attached hydrogens (tertiary/aromatic N) is 1. The number of hydrogen-bond acceptors (Lipinski definition) is 4. The van der Waals surface area contributed by atoms with Crippen molar-refractivity contribution in [3.8, 4) is 0 Å². The summed E-state index contributed by atoms with van der Waals surface area (Å²) < 4.78 is 0. The molecule has 1 spiro atoms. The maximum Gasteiger partial charge on any atom is 0.238 e. The average Bonchev–Trinajstić information content (AvgIpc) is 2.97. The first-order valence-corrected chi connectivity index (χ1v) is 11.5. The summed E-state index contributed by atoms with van der Waals surface area (Å²) in [6, 6.07) is 0.105. The van der Waals surface area contributed by atoms with Crippen LogP contribution in [0.5, 0.6) is 0 Å². The van der Waals surface area contributed by atoms with Gasteiger partial charge in [-0.3, -0.25) is 14.9 Å². The Bertz CT molecular complexity index is 524. The van der Waals surface area contributed by atoms with Gasteiger partial charge in [-0.2, -0.15) is 0 Å². The van der Waals surface area contributed by atoms with E-state index in [1.165, 1.54) is 0 Å². The Hall–Kier alpha value is -0.750. The highest BCUT2D eigenvalue weighted by atomic mass is 32.2. The lowest BCUT2D eigenvalue weighted by Gasteiger charge is -2.39. The Morgan fingerprint density at radius 1 is 1.26 bits per heavy atom. The third kappa shape index (κ3) is 6.67. The molecule has 27 heavy (non-hydrogen) atoms.